The fraction of sp³-hybridized carbons (Fsp3) is 0.917. The van der Waals surface area contributed by atoms with Gasteiger partial charge in [0.05, 0.1) is 12.2 Å². The molecule has 2 atom stereocenters. The smallest absolute Gasteiger partial charge is 0.154 e. The molecule has 0 aliphatic rings. The lowest BCUT2D eigenvalue weighted by Gasteiger charge is -2.38. The second-order valence-electron chi connectivity index (χ2n) is 4.96. The van der Waals surface area contributed by atoms with E-state index in [9.17, 15) is 9.67 Å². The van der Waals surface area contributed by atoms with Gasteiger partial charge in [0, 0.05) is 18.2 Å². The third kappa shape index (κ3) is 4.79. The van der Waals surface area contributed by atoms with Crippen LogP contribution < -0.4 is 0 Å². The van der Waals surface area contributed by atoms with E-state index in [1.165, 1.54) is 0 Å². The molecule has 0 bridgehead atoms. The predicted molar refractivity (Wildman–Crippen MR) is 71.4 cm³/mol. The molecular weight excluding hydrogens is 235 g/mol. The largest absolute Gasteiger partial charge is 0.378 e. The van der Waals surface area contributed by atoms with Gasteiger partial charge < -0.3 is 9.67 Å². The Bertz CT molecular complexity index is 302. The number of hydrogen-bond acceptors (Lipinski definition) is 3. The Hall–Kier alpha value is -0.360. The molecular formula is C12H25N2O2P. The van der Waals surface area contributed by atoms with E-state index in [2.05, 4.69) is 0 Å². The molecule has 4 nitrogen and oxygen atoms in total. The summed E-state index contributed by atoms with van der Waals surface area (Å²) in [6.07, 6.45) is 0.300. The molecule has 0 saturated carbocycles. The Morgan fingerprint density at radius 1 is 1.29 bits per heavy atom. The predicted octanol–water partition coefficient (Wildman–Crippen LogP) is 2.68. The van der Waals surface area contributed by atoms with Crippen LogP contribution in [0, 0.1) is 11.3 Å². The highest BCUT2D eigenvalue weighted by Crippen LogP contribution is 2.53. The van der Waals surface area contributed by atoms with Crippen molar-refractivity contribution >= 4 is 7.29 Å². The van der Waals surface area contributed by atoms with Crippen LogP contribution in [-0.4, -0.2) is 40.3 Å². The molecule has 0 fully saturated rings. The van der Waals surface area contributed by atoms with Gasteiger partial charge in [-0.2, -0.15) is 5.26 Å². The van der Waals surface area contributed by atoms with Gasteiger partial charge in [0.2, 0.25) is 0 Å². The first kappa shape index (κ1) is 16.6. The molecule has 100 valence electrons. The van der Waals surface area contributed by atoms with Gasteiger partial charge in [-0.25, -0.2) is 4.67 Å². The van der Waals surface area contributed by atoms with E-state index in [1.54, 1.807) is 6.07 Å². The van der Waals surface area contributed by atoms with Crippen molar-refractivity contribution in [2.75, 3.05) is 12.3 Å². The van der Waals surface area contributed by atoms with Gasteiger partial charge in [-0.1, -0.05) is 6.92 Å². The fourth-order valence-electron chi connectivity index (χ4n) is 2.40. The van der Waals surface area contributed by atoms with E-state index in [0.717, 1.165) is 6.42 Å². The highest BCUT2D eigenvalue weighted by atomic mass is 31.2. The zero-order valence-electron chi connectivity index (χ0n) is 11.6. The molecule has 0 amide bonds. The van der Waals surface area contributed by atoms with Crippen molar-refractivity contribution in [3.8, 4) is 6.07 Å². The highest BCUT2D eigenvalue weighted by molar-refractivity contribution is 7.61. The first-order chi connectivity index (χ1) is 7.78. The second-order valence-corrected chi connectivity index (χ2v) is 7.93. The van der Waals surface area contributed by atoms with Crippen molar-refractivity contribution in [1.29, 1.82) is 5.26 Å². The lowest BCUT2D eigenvalue weighted by atomic mass is 10.3. The van der Waals surface area contributed by atoms with Gasteiger partial charge in [-0.15, -0.1) is 0 Å². The van der Waals surface area contributed by atoms with Crippen LogP contribution in [0.1, 0.15) is 41.0 Å². The minimum absolute atomic E-state index is 0.0771. The van der Waals surface area contributed by atoms with Gasteiger partial charge in [-0.3, -0.25) is 0 Å². The number of aliphatic hydroxyl groups excluding tert-OH is 1. The number of nitriles is 1. The summed E-state index contributed by atoms with van der Waals surface area (Å²) >= 11 is 0. The average Bonchev–Trinajstić information content (AvgIpc) is 2.15. The molecule has 0 aromatic heterocycles. The Labute approximate surface area is 105 Å². The molecule has 0 aliphatic heterocycles. The highest BCUT2D eigenvalue weighted by Gasteiger charge is 2.35. The molecule has 0 aromatic carbocycles. The van der Waals surface area contributed by atoms with Crippen molar-refractivity contribution in [2.24, 2.45) is 0 Å². The normalized spacial score (nSPS) is 17.2. The van der Waals surface area contributed by atoms with Gasteiger partial charge in [0.25, 0.3) is 0 Å². The van der Waals surface area contributed by atoms with Crippen LogP contribution in [0.4, 0.5) is 0 Å². The zero-order valence-corrected chi connectivity index (χ0v) is 12.4. The molecule has 0 rings (SSSR count). The summed E-state index contributed by atoms with van der Waals surface area (Å²) in [7, 11) is -2.65. The lowest BCUT2D eigenvalue weighted by molar-refractivity contribution is 0.242. The van der Waals surface area contributed by atoms with Crippen LogP contribution >= 0.6 is 7.29 Å². The summed E-state index contributed by atoms with van der Waals surface area (Å²) in [5, 5.41) is 18.2. The van der Waals surface area contributed by atoms with Crippen molar-refractivity contribution in [2.45, 2.75) is 59.2 Å². The van der Waals surface area contributed by atoms with Crippen LogP contribution in [0.15, 0.2) is 0 Å². The van der Waals surface area contributed by atoms with Gasteiger partial charge >= 0.3 is 0 Å². The molecule has 0 heterocycles. The Kier molecular flexibility index (Phi) is 7.01. The quantitative estimate of drug-likeness (QED) is 0.564. The van der Waals surface area contributed by atoms with Gasteiger partial charge in [0.15, 0.2) is 7.29 Å². The molecule has 0 radical (unpaired) electrons. The van der Waals surface area contributed by atoms with E-state index in [-0.39, 0.29) is 18.2 Å². The van der Waals surface area contributed by atoms with Crippen molar-refractivity contribution in [3.63, 3.8) is 0 Å². The number of rotatable bonds is 7. The Morgan fingerprint density at radius 2 is 1.76 bits per heavy atom. The number of nitrogens with zero attached hydrogens (tertiary/aromatic N) is 2. The number of aliphatic hydroxyl groups is 1. The van der Waals surface area contributed by atoms with Crippen molar-refractivity contribution in [1.82, 2.24) is 4.67 Å². The lowest BCUT2D eigenvalue weighted by Crippen LogP contribution is -2.37. The van der Waals surface area contributed by atoms with E-state index >= 15 is 0 Å². The van der Waals surface area contributed by atoms with Crippen molar-refractivity contribution < 1.29 is 9.67 Å². The Morgan fingerprint density at radius 3 is 2.06 bits per heavy atom. The van der Waals surface area contributed by atoms with Crippen LogP contribution in [-0.2, 0) is 4.57 Å². The van der Waals surface area contributed by atoms with Gasteiger partial charge in [-0.05, 0) is 34.1 Å². The third-order valence-electron chi connectivity index (χ3n) is 2.66. The number of hydrogen-bond donors (Lipinski definition) is 1. The maximum atomic E-state index is 13.0. The molecule has 0 spiro atoms. The van der Waals surface area contributed by atoms with E-state index < -0.39 is 13.4 Å². The molecule has 5 heteroatoms. The van der Waals surface area contributed by atoms with Crippen LogP contribution in [0.25, 0.3) is 0 Å². The second kappa shape index (κ2) is 7.16. The van der Waals surface area contributed by atoms with E-state index in [4.69, 9.17) is 5.26 Å². The van der Waals surface area contributed by atoms with Crippen molar-refractivity contribution in [3.05, 3.63) is 0 Å². The summed E-state index contributed by atoms with van der Waals surface area (Å²) in [6, 6.07) is 2.07. The molecule has 1 N–H and O–H groups in total. The summed E-state index contributed by atoms with van der Waals surface area (Å²) in [4.78, 5) is 0. The summed E-state index contributed by atoms with van der Waals surface area (Å²) in [5.74, 6) is 0. The van der Waals surface area contributed by atoms with Crippen LogP contribution in [0.5, 0.6) is 0 Å². The minimum Gasteiger partial charge on any atom is -0.378 e. The first-order valence-corrected chi connectivity index (χ1v) is 8.26. The molecule has 17 heavy (non-hydrogen) atoms. The topological polar surface area (TPSA) is 64.3 Å². The third-order valence-corrected chi connectivity index (χ3v) is 6.49. The summed E-state index contributed by atoms with van der Waals surface area (Å²) in [5.41, 5.74) is 0. The van der Waals surface area contributed by atoms with Crippen LogP contribution in [0.2, 0.25) is 0 Å². The van der Waals surface area contributed by atoms with E-state index in [0.29, 0.717) is 6.16 Å². The molecule has 2 unspecified atom stereocenters. The summed E-state index contributed by atoms with van der Waals surface area (Å²) < 4.78 is 14.9. The minimum atomic E-state index is -2.65. The molecule has 0 aromatic rings. The van der Waals surface area contributed by atoms with Gasteiger partial charge in [0.1, 0.15) is 6.10 Å². The fourth-order valence-corrected chi connectivity index (χ4v) is 6.01. The van der Waals surface area contributed by atoms with E-state index in [1.807, 2.05) is 39.3 Å². The summed E-state index contributed by atoms with van der Waals surface area (Å²) in [6.45, 7) is 9.98. The molecule has 0 aliphatic carbocycles. The first-order valence-electron chi connectivity index (χ1n) is 6.23. The maximum absolute atomic E-state index is 13.0. The molecule has 0 saturated heterocycles. The maximum Gasteiger partial charge on any atom is 0.154 e. The standard InChI is InChI=1S/C12H25N2O2P/c1-6-7-17(16,9-12(15)8-13)14(10(2)3)11(4)5/h10-12,15H,6-7,9H2,1-5H3. The monoisotopic (exact) mass is 260 g/mol. The van der Waals surface area contributed by atoms with Crippen LogP contribution in [0.3, 0.4) is 0 Å². The zero-order chi connectivity index (χ0) is 13.6. The Balaban J connectivity index is 5.15. The average molecular weight is 260 g/mol. The SMILES string of the molecule is CCCP(=O)(CC(O)C#N)N(C(C)C)C(C)C.